The molecule has 0 radical (unpaired) electrons. The molecule has 0 aliphatic rings. The molecule has 0 heterocycles. The van der Waals surface area contributed by atoms with Crippen molar-refractivity contribution >= 4 is 0 Å². The van der Waals surface area contributed by atoms with E-state index >= 15 is 0 Å². The third-order valence-electron chi connectivity index (χ3n) is 2.40. The molecular weight excluding hydrogens is 203 g/mol. The van der Waals surface area contributed by atoms with E-state index in [1.807, 2.05) is 6.92 Å². The maximum Gasteiger partial charge on any atom is 0.416 e. The Morgan fingerprint density at radius 3 is 2.07 bits per heavy atom. The SMILES string of the molecule is CC[C@@H](NC)c1ccc(C(F)(F)F)cc1. The van der Waals surface area contributed by atoms with Crippen molar-refractivity contribution in [2.24, 2.45) is 0 Å². The average Bonchev–Trinajstić information content (AvgIpc) is 2.19. The lowest BCUT2D eigenvalue weighted by Crippen LogP contribution is -2.15. The van der Waals surface area contributed by atoms with Crippen LogP contribution in [0.1, 0.15) is 30.5 Å². The summed E-state index contributed by atoms with van der Waals surface area (Å²) < 4.78 is 36.8. The summed E-state index contributed by atoms with van der Waals surface area (Å²) in [7, 11) is 1.80. The first-order valence-corrected chi connectivity index (χ1v) is 4.83. The first-order valence-electron chi connectivity index (χ1n) is 4.83. The molecule has 0 spiro atoms. The maximum absolute atomic E-state index is 12.3. The van der Waals surface area contributed by atoms with Crippen LogP contribution >= 0.6 is 0 Å². The molecule has 1 nitrogen and oxygen atoms in total. The predicted molar refractivity (Wildman–Crippen MR) is 53.5 cm³/mol. The van der Waals surface area contributed by atoms with Crippen LogP contribution in [0.5, 0.6) is 0 Å². The molecule has 1 atom stereocenters. The third-order valence-corrected chi connectivity index (χ3v) is 2.40. The molecule has 1 aromatic carbocycles. The third kappa shape index (κ3) is 2.96. The molecule has 15 heavy (non-hydrogen) atoms. The van der Waals surface area contributed by atoms with Gasteiger partial charge < -0.3 is 5.32 Å². The van der Waals surface area contributed by atoms with E-state index < -0.39 is 11.7 Å². The van der Waals surface area contributed by atoms with Crippen LogP contribution in [0.2, 0.25) is 0 Å². The number of rotatable bonds is 3. The topological polar surface area (TPSA) is 12.0 Å². The van der Waals surface area contributed by atoms with E-state index in [0.717, 1.165) is 24.1 Å². The Balaban J connectivity index is 2.89. The van der Waals surface area contributed by atoms with Gasteiger partial charge in [0.25, 0.3) is 0 Å². The lowest BCUT2D eigenvalue weighted by Gasteiger charge is -2.15. The van der Waals surface area contributed by atoms with Gasteiger partial charge in [-0.15, -0.1) is 0 Å². The van der Waals surface area contributed by atoms with Crippen LogP contribution < -0.4 is 5.32 Å². The second kappa shape index (κ2) is 4.66. The van der Waals surface area contributed by atoms with Crippen LogP contribution in [0, 0.1) is 0 Å². The molecule has 0 aliphatic carbocycles. The zero-order valence-corrected chi connectivity index (χ0v) is 8.73. The molecule has 4 heteroatoms. The van der Waals surface area contributed by atoms with Crippen molar-refractivity contribution in [1.29, 1.82) is 0 Å². The largest absolute Gasteiger partial charge is 0.416 e. The average molecular weight is 217 g/mol. The second-order valence-electron chi connectivity index (χ2n) is 3.37. The van der Waals surface area contributed by atoms with E-state index in [9.17, 15) is 13.2 Å². The molecule has 0 fully saturated rings. The quantitative estimate of drug-likeness (QED) is 0.818. The van der Waals surface area contributed by atoms with E-state index in [2.05, 4.69) is 5.32 Å². The van der Waals surface area contributed by atoms with Crippen molar-refractivity contribution in [3.05, 3.63) is 35.4 Å². The minimum atomic E-state index is -4.25. The van der Waals surface area contributed by atoms with Gasteiger partial charge in [0, 0.05) is 6.04 Å². The van der Waals surface area contributed by atoms with Gasteiger partial charge in [-0.3, -0.25) is 0 Å². The molecule has 84 valence electrons. The van der Waals surface area contributed by atoms with Crippen LogP contribution in [0.25, 0.3) is 0 Å². The lowest BCUT2D eigenvalue weighted by atomic mass is 10.0. The fourth-order valence-electron chi connectivity index (χ4n) is 1.51. The molecule has 1 aromatic rings. The first-order chi connectivity index (χ1) is 6.99. The van der Waals surface area contributed by atoms with E-state index in [0.29, 0.717) is 0 Å². The van der Waals surface area contributed by atoms with Crippen LogP contribution in [0.3, 0.4) is 0 Å². The van der Waals surface area contributed by atoms with Crippen molar-refractivity contribution in [2.45, 2.75) is 25.6 Å². The normalized spacial score (nSPS) is 13.9. The number of alkyl halides is 3. The zero-order valence-electron chi connectivity index (χ0n) is 8.73. The Morgan fingerprint density at radius 2 is 1.73 bits per heavy atom. The molecule has 0 amide bonds. The van der Waals surface area contributed by atoms with E-state index in [4.69, 9.17) is 0 Å². The van der Waals surface area contributed by atoms with Crippen molar-refractivity contribution in [3.8, 4) is 0 Å². The van der Waals surface area contributed by atoms with Crippen molar-refractivity contribution in [3.63, 3.8) is 0 Å². The van der Waals surface area contributed by atoms with Gasteiger partial charge in [-0.25, -0.2) is 0 Å². The van der Waals surface area contributed by atoms with Gasteiger partial charge in [0.2, 0.25) is 0 Å². The molecule has 1 rings (SSSR count). The summed E-state index contributed by atoms with van der Waals surface area (Å²) in [5, 5.41) is 3.04. The Morgan fingerprint density at radius 1 is 1.20 bits per heavy atom. The molecule has 0 saturated carbocycles. The van der Waals surface area contributed by atoms with Gasteiger partial charge in [-0.2, -0.15) is 13.2 Å². The lowest BCUT2D eigenvalue weighted by molar-refractivity contribution is -0.137. The van der Waals surface area contributed by atoms with E-state index in [1.165, 1.54) is 12.1 Å². The molecule has 0 unspecified atom stereocenters. The maximum atomic E-state index is 12.3. The van der Waals surface area contributed by atoms with Gasteiger partial charge in [-0.1, -0.05) is 19.1 Å². The number of benzene rings is 1. The van der Waals surface area contributed by atoms with Gasteiger partial charge >= 0.3 is 6.18 Å². The fourth-order valence-corrected chi connectivity index (χ4v) is 1.51. The summed E-state index contributed by atoms with van der Waals surface area (Å²) >= 11 is 0. The van der Waals surface area contributed by atoms with Crippen molar-refractivity contribution in [2.75, 3.05) is 7.05 Å². The van der Waals surface area contributed by atoms with E-state index in [1.54, 1.807) is 7.05 Å². The van der Waals surface area contributed by atoms with Crippen molar-refractivity contribution < 1.29 is 13.2 Å². The standard InChI is InChI=1S/C11H14F3N/c1-3-10(15-2)8-4-6-9(7-5-8)11(12,13)14/h4-7,10,15H,3H2,1-2H3/t10-/m1/s1. The summed E-state index contributed by atoms with van der Waals surface area (Å²) in [6.45, 7) is 1.98. The number of hydrogen-bond acceptors (Lipinski definition) is 1. The molecule has 0 bridgehead atoms. The highest BCUT2D eigenvalue weighted by Gasteiger charge is 2.30. The minimum absolute atomic E-state index is 0.118. The monoisotopic (exact) mass is 217 g/mol. The summed E-state index contributed by atoms with van der Waals surface area (Å²) in [4.78, 5) is 0. The fraction of sp³-hybridized carbons (Fsp3) is 0.455. The molecular formula is C11H14F3N. The number of nitrogens with one attached hydrogen (secondary N) is 1. The highest BCUT2D eigenvalue weighted by Crippen LogP contribution is 2.30. The van der Waals surface area contributed by atoms with Crippen molar-refractivity contribution in [1.82, 2.24) is 5.32 Å². The van der Waals surface area contributed by atoms with Crippen LogP contribution in [0.15, 0.2) is 24.3 Å². The Hall–Kier alpha value is -1.03. The summed E-state index contributed by atoms with van der Waals surface area (Å²) in [6, 6.07) is 5.40. The van der Waals surface area contributed by atoms with E-state index in [-0.39, 0.29) is 6.04 Å². The Kier molecular flexibility index (Phi) is 3.74. The van der Waals surface area contributed by atoms with Crippen LogP contribution in [-0.2, 0) is 6.18 Å². The van der Waals surface area contributed by atoms with Crippen LogP contribution in [0.4, 0.5) is 13.2 Å². The summed E-state index contributed by atoms with van der Waals surface area (Å²) in [5.74, 6) is 0. The van der Waals surface area contributed by atoms with Gasteiger partial charge in [0.1, 0.15) is 0 Å². The Labute approximate surface area is 87.3 Å². The predicted octanol–water partition coefficient (Wildman–Crippen LogP) is 3.38. The van der Waals surface area contributed by atoms with Gasteiger partial charge in [0.15, 0.2) is 0 Å². The molecule has 0 saturated heterocycles. The highest BCUT2D eigenvalue weighted by atomic mass is 19.4. The second-order valence-corrected chi connectivity index (χ2v) is 3.37. The minimum Gasteiger partial charge on any atom is -0.313 e. The summed E-state index contributed by atoms with van der Waals surface area (Å²) in [5.41, 5.74) is 0.283. The zero-order chi connectivity index (χ0) is 11.5. The Bertz CT molecular complexity index is 299. The smallest absolute Gasteiger partial charge is 0.313 e. The first kappa shape index (κ1) is 12.0. The molecule has 1 N–H and O–H groups in total. The summed E-state index contributed by atoms with van der Waals surface area (Å²) in [6.07, 6.45) is -3.40. The number of halogens is 3. The van der Waals surface area contributed by atoms with Gasteiger partial charge in [-0.05, 0) is 31.2 Å². The van der Waals surface area contributed by atoms with Crippen LogP contribution in [-0.4, -0.2) is 7.05 Å². The van der Waals surface area contributed by atoms with Gasteiger partial charge in [0.05, 0.1) is 5.56 Å². The molecule has 0 aliphatic heterocycles. The highest BCUT2D eigenvalue weighted by molar-refractivity contribution is 5.26. The number of hydrogen-bond donors (Lipinski definition) is 1. The molecule has 0 aromatic heterocycles.